The van der Waals surface area contributed by atoms with Gasteiger partial charge < -0.3 is 14.2 Å². The fourth-order valence-corrected chi connectivity index (χ4v) is 3.38. The molecule has 3 rings (SSSR count). The van der Waals surface area contributed by atoms with Crippen LogP contribution >= 0.6 is 0 Å². The molecule has 0 radical (unpaired) electrons. The molecule has 1 aliphatic heterocycles. The lowest BCUT2D eigenvalue weighted by molar-refractivity contribution is -0.151. The summed E-state index contributed by atoms with van der Waals surface area (Å²) in [5.74, 6) is -2.75. The molecule has 0 aliphatic carbocycles. The van der Waals surface area contributed by atoms with E-state index in [2.05, 4.69) is 0 Å². The number of rotatable bonds is 7. The fourth-order valence-electron chi connectivity index (χ4n) is 3.38. The lowest BCUT2D eigenvalue weighted by Crippen LogP contribution is -2.26. The zero-order chi connectivity index (χ0) is 20.1. The van der Waals surface area contributed by atoms with Crippen molar-refractivity contribution in [2.45, 2.75) is 44.8 Å². The highest BCUT2D eigenvalue weighted by atomic mass is 19.2. The van der Waals surface area contributed by atoms with E-state index in [1.165, 1.54) is 18.2 Å². The summed E-state index contributed by atoms with van der Waals surface area (Å²) < 4.78 is 59.5. The van der Waals surface area contributed by atoms with Crippen LogP contribution in [0.3, 0.4) is 0 Å². The summed E-state index contributed by atoms with van der Waals surface area (Å²) in [5.41, 5.74) is 0.799. The molecule has 0 bridgehead atoms. The molecule has 2 aromatic rings. The molecule has 0 amide bonds. The first-order valence-electron chi connectivity index (χ1n) is 9.60. The average Bonchev–Trinajstić information content (AvgIpc) is 2.71. The standard InChI is InChI=1S/C22H25F3O3/c1-3-4-11-27-19-9-8-17(21(24)22(19)25)14-5-7-16(18(23)12-14)15-6-10-20(26-2)28-13-15/h5,7-9,12,15,20H,3-4,6,10-11,13H2,1-2H3. The second kappa shape index (κ2) is 9.43. The fraction of sp³-hybridized carbons (Fsp3) is 0.455. The molecule has 1 saturated heterocycles. The van der Waals surface area contributed by atoms with Gasteiger partial charge in [-0.15, -0.1) is 0 Å². The summed E-state index contributed by atoms with van der Waals surface area (Å²) in [6.07, 6.45) is 2.81. The lowest BCUT2D eigenvalue weighted by atomic mass is 9.91. The van der Waals surface area contributed by atoms with Crippen molar-refractivity contribution in [3.05, 3.63) is 53.3 Å². The minimum absolute atomic E-state index is 0.00475. The molecule has 3 nitrogen and oxygen atoms in total. The van der Waals surface area contributed by atoms with Gasteiger partial charge in [-0.3, -0.25) is 0 Å². The largest absolute Gasteiger partial charge is 0.490 e. The van der Waals surface area contributed by atoms with E-state index in [1.54, 1.807) is 19.2 Å². The number of hydrogen-bond acceptors (Lipinski definition) is 3. The molecular formula is C22H25F3O3. The molecule has 2 aromatic carbocycles. The zero-order valence-electron chi connectivity index (χ0n) is 16.1. The van der Waals surface area contributed by atoms with Gasteiger partial charge in [-0.25, -0.2) is 8.78 Å². The minimum Gasteiger partial charge on any atom is -0.490 e. The third kappa shape index (κ3) is 4.50. The van der Waals surface area contributed by atoms with Crippen LogP contribution in [0.25, 0.3) is 11.1 Å². The molecule has 2 atom stereocenters. The molecule has 28 heavy (non-hydrogen) atoms. The highest BCUT2D eigenvalue weighted by molar-refractivity contribution is 5.66. The van der Waals surface area contributed by atoms with Crippen molar-refractivity contribution in [1.82, 2.24) is 0 Å². The zero-order valence-corrected chi connectivity index (χ0v) is 16.1. The number of unbranched alkanes of at least 4 members (excludes halogenated alkanes) is 1. The van der Waals surface area contributed by atoms with Gasteiger partial charge in [-0.05, 0) is 48.6 Å². The summed E-state index contributed by atoms with van der Waals surface area (Å²) in [4.78, 5) is 0. The number of benzene rings is 2. The molecule has 152 valence electrons. The van der Waals surface area contributed by atoms with Crippen LogP contribution < -0.4 is 4.74 Å². The van der Waals surface area contributed by atoms with Gasteiger partial charge in [0, 0.05) is 18.6 Å². The molecule has 1 fully saturated rings. The number of methoxy groups -OCH3 is 1. The van der Waals surface area contributed by atoms with E-state index in [0.29, 0.717) is 25.2 Å². The maximum atomic E-state index is 14.7. The number of ether oxygens (including phenoxy) is 3. The van der Waals surface area contributed by atoms with Gasteiger partial charge in [0.15, 0.2) is 17.9 Å². The predicted molar refractivity (Wildman–Crippen MR) is 101 cm³/mol. The molecule has 1 heterocycles. The van der Waals surface area contributed by atoms with Crippen molar-refractivity contribution in [2.24, 2.45) is 0 Å². The van der Waals surface area contributed by atoms with Crippen LogP contribution in [-0.4, -0.2) is 26.6 Å². The number of halogens is 3. The van der Waals surface area contributed by atoms with Crippen molar-refractivity contribution in [3.63, 3.8) is 0 Å². The first-order chi connectivity index (χ1) is 13.5. The monoisotopic (exact) mass is 394 g/mol. The van der Waals surface area contributed by atoms with Gasteiger partial charge in [-0.2, -0.15) is 4.39 Å². The summed E-state index contributed by atoms with van der Waals surface area (Å²) in [7, 11) is 1.58. The van der Waals surface area contributed by atoms with Crippen LogP contribution in [0.1, 0.15) is 44.1 Å². The second-order valence-corrected chi connectivity index (χ2v) is 6.95. The quantitative estimate of drug-likeness (QED) is 0.554. The topological polar surface area (TPSA) is 27.7 Å². The van der Waals surface area contributed by atoms with Crippen molar-refractivity contribution in [1.29, 1.82) is 0 Å². The van der Waals surface area contributed by atoms with Crippen molar-refractivity contribution >= 4 is 0 Å². The molecule has 0 saturated carbocycles. The van der Waals surface area contributed by atoms with E-state index >= 15 is 0 Å². The highest BCUT2D eigenvalue weighted by Crippen LogP contribution is 2.34. The summed E-state index contributed by atoms with van der Waals surface area (Å²) >= 11 is 0. The van der Waals surface area contributed by atoms with Crippen LogP contribution in [0.15, 0.2) is 30.3 Å². The molecule has 2 unspecified atom stereocenters. The van der Waals surface area contributed by atoms with Gasteiger partial charge in [0.05, 0.1) is 13.2 Å². The van der Waals surface area contributed by atoms with Crippen molar-refractivity contribution < 1.29 is 27.4 Å². The third-order valence-electron chi connectivity index (χ3n) is 5.05. The lowest BCUT2D eigenvalue weighted by Gasteiger charge is -2.28. The second-order valence-electron chi connectivity index (χ2n) is 6.95. The Labute approximate surface area is 163 Å². The van der Waals surface area contributed by atoms with E-state index in [1.807, 2.05) is 6.92 Å². The molecule has 6 heteroatoms. The minimum atomic E-state index is -1.05. The van der Waals surface area contributed by atoms with E-state index in [0.717, 1.165) is 19.3 Å². The highest BCUT2D eigenvalue weighted by Gasteiger charge is 2.25. The van der Waals surface area contributed by atoms with Crippen LogP contribution in [-0.2, 0) is 9.47 Å². The molecule has 0 spiro atoms. The van der Waals surface area contributed by atoms with Gasteiger partial charge in [0.1, 0.15) is 5.82 Å². The summed E-state index contributed by atoms with van der Waals surface area (Å²) in [6, 6.07) is 7.27. The Kier molecular flexibility index (Phi) is 6.97. The van der Waals surface area contributed by atoms with Crippen LogP contribution in [0, 0.1) is 17.5 Å². The molecule has 1 aliphatic rings. The Hall–Kier alpha value is -2.05. The molecule has 0 aromatic heterocycles. The Morgan fingerprint density at radius 2 is 1.89 bits per heavy atom. The smallest absolute Gasteiger partial charge is 0.201 e. The van der Waals surface area contributed by atoms with Gasteiger partial charge in [-0.1, -0.05) is 25.5 Å². The van der Waals surface area contributed by atoms with E-state index in [4.69, 9.17) is 14.2 Å². The van der Waals surface area contributed by atoms with Crippen LogP contribution in [0.2, 0.25) is 0 Å². The maximum Gasteiger partial charge on any atom is 0.201 e. The molecular weight excluding hydrogens is 369 g/mol. The third-order valence-corrected chi connectivity index (χ3v) is 5.05. The Bertz CT molecular complexity index is 802. The van der Waals surface area contributed by atoms with E-state index in [-0.39, 0.29) is 29.1 Å². The van der Waals surface area contributed by atoms with E-state index < -0.39 is 17.5 Å². The Balaban J connectivity index is 1.79. The van der Waals surface area contributed by atoms with Crippen LogP contribution in [0.5, 0.6) is 5.75 Å². The van der Waals surface area contributed by atoms with Gasteiger partial charge >= 0.3 is 0 Å². The normalized spacial score (nSPS) is 19.6. The predicted octanol–water partition coefficient (Wildman–Crippen LogP) is 5.82. The van der Waals surface area contributed by atoms with Crippen molar-refractivity contribution in [3.8, 4) is 16.9 Å². The summed E-state index contributed by atoms with van der Waals surface area (Å²) in [5, 5.41) is 0. The van der Waals surface area contributed by atoms with Gasteiger partial charge in [0.2, 0.25) is 5.82 Å². The average molecular weight is 394 g/mol. The maximum absolute atomic E-state index is 14.7. The first kappa shape index (κ1) is 20.7. The van der Waals surface area contributed by atoms with Gasteiger partial charge in [0.25, 0.3) is 0 Å². The SMILES string of the molecule is CCCCOc1ccc(-c2ccc(C3CCC(OC)OC3)c(F)c2)c(F)c1F. The van der Waals surface area contributed by atoms with Crippen LogP contribution in [0.4, 0.5) is 13.2 Å². The molecule has 0 N–H and O–H groups in total. The Morgan fingerprint density at radius 3 is 2.54 bits per heavy atom. The number of hydrogen-bond donors (Lipinski definition) is 0. The first-order valence-corrected chi connectivity index (χ1v) is 9.60. The summed E-state index contributed by atoms with van der Waals surface area (Å²) in [6.45, 7) is 2.67. The van der Waals surface area contributed by atoms with E-state index in [9.17, 15) is 13.2 Å². The van der Waals surface area contributed by atoms with Crippen molar-refractivity contribution in [2.75, 3.05) is 20.3 Å². The Morgan fingerprint density at radius 1 is 1.07 bits per heavy atom.